The Balaban J connectivity index is 2.10. The second kappa shape index (κ2) is 6.66. The molecule has 1 saturated heterocycles. The molecular weight excluding hydrogens is 243 g/mol. The fraction of sp³-hybridized carbons (Fsp3) is 0.533. The number of amides is 1. The number of likely N-dealkylation sites (tertiary alicyclic amines) is 1. The minimum Gasteiger partial charge on any atom is -0.341 e. The Morgan fingerprint density at radius 3 is 2.84 bits per heavy atom. The van der Waals surface area contributed by atoms with E-state index < -0.39 is 0 Å². The molecule has 1 amide bonds. The van der Waals surface area contributed by atoms with Crippen molar-refractivity contribution in [2.75, 3.05) is 20.1 Å². The van der Waals surface area contributed by atoms with Crippen molar-refractivity contribution in [1.82, 2.24) is 10.2 Å². The SMILES string of the molecule is CNC(CN1CCCCCC1=O)c1ccccc1F. The number of benzene rings is 1. The molecule has 3 nitrogen and oxygen atoms in total. The zero-order chi connectivity index (χ0) is 13.7. The molecule has 4 heteroatoms. The monoisotopic (exact) mass is 264 g/mol. The summed E-state index contributed by atoms with van der Waals surface area (Å²) in [4.78, 5) is 13.8. The molecule has 104 valence electrons. The van der Waals surface area contributed by atoms with E-state index in [1.165, 1.54) is 6.07 Å². The molecule has 1 aromatic rings. The van der Waals surface area contributed by atoms with Gasteiger partial charge in [-0.05, 0) is 26.0 Å². The molecule has 0 aromatic heterocycles. The van der Waals surface area contributed by atoms with E-state index in [4.69, 9.17) is 0 Å². The maximum Gasteiger partial charge on any atom is 0.222 e. The third kappa shape index (κ3) is 3.53. The fourth-order valence-corrected chi connectivity index (χ4v) is 2.55. The zero-order valence-corrected chi connectivity index (χ0v) is 11.4. The first-order chi connectivity index (χ1) is 9.22. The molecule has 0 spiro atoms. The highest BCUT2D eigenvalue weighted by Crippen LogP contribution is 2.20. The second-order valence-electron chi connectivity index (χ2n) is 5.01. The number of carbonyl (C=O) groups excluding carboxylic acids is 1. The van der Waals surface area contributed by atoms with Gasteiger partial charge in [0.1, 0.15) is 5.82 Å². The van der Waals surface area contributed by atoms with Crippen molar-refractivity contribution >= 4 is 5.91 Å². The lowest BCUT2D eigenvalue weighted by Crippen LogP contribution is -2.38. The Hall–Kier alpha value is -1.42. The van der Waals surface area contributed by atoms with Crippen molar-refractivity contribution in [2.24, 2.45) is 0 Å². The molecule has 1 fully saturated rings. The molecule has 1 aromatic carbocycles. The van der Waals surface area contributed by atoms with Gasteiger partial charge in [-0.3, -0.25) is 4.79 Å². The van der Waals surface area contributed by atoms with E-state index in [0.717, 1.165) is 25.8 Å². The number of hydrogen-bond donors (Lipinski definition) is 1. The average Bonchev–Trinajstić information content (AvgIpc) is 2.62. The highest BCUT2D eigenvalue weighted by atomic mass is 19.1. The van der Waals surface area contributed by atoms with Crippen LogP contribution in [0.15, 0.2) is 24.3 Å². The summed E-state index contributed by atoms with van der Waals surface area (Å²) in [5.74, 6) is -0.0294. The molecule has 0 aliphatic carbocycles. The number of nitrogens with one attached hydrogen (secondary N) is 1. The number of likely N-dealkylation sites (N-methyl/N-ethyl adjacent to an activating group) is 1. The van der Waals surface area contributed by atoms with E-state index in [9.17, 15) is 9.18 Å². The van der Waals surface area contributed by atoms with Crippen molar-refractivity contribution in [3.05, 3.63) is 35.6 Å². The summed E-state index contributed by atoms with van der Waals surface area (Å²) in [6.07, 6.45) is 3.73. The van der Waals surface area contributed by atoms with Crippen LogP contribution >= 0.6 is 0 Å². The molecule has 0 radical (unpaired) electrons. The quantitative estimate of drug-likeness (QED) is 0.906. The van der Waals surface area contributed by atoms with Gasteiger partial charge in [-0.25, -0.2) is 4.39 Å². The van der Waals surface area contributed by atoms with Crippen molar-refractivity contribution in [1.29, 1.82) is 0 Å². The number of hydrogen-bond acceptors (Lipinski definition) is 2. The summed E-state index contributed by atoms with van der Waals surface area (Å²) in [6.45, 7) is 1.32. The summed E-state index contributed by atoms with van der Waals surface area (Å²) < 4.78 is 13.8. The maximum atomic E-state index is 13.8. The van der Waals surface area contributed by atoms with Crippen LogP contribution in [0.1, 0.15) is 37.3 Å². The highest BCUT2D eigenvalue weighted by Gasteiger charge is 2.22. The van der Waals surface area contributed by atoms with E-state index in [1.54, 1.807) is 19.2 Å². The van der Waals surface area contributed by atoms with E-state index in [-0.39, 0.29) is 17.8 Å². The summed E-state index contributed by atoms with van der Waals surface area (Å²) in [5.41, 5.74) is 0.627. The second-order valence-corrected chi connectivity index (χ2v) is 5.01. The summed E-state index contributed by atoms with van der Waals surface area (Å²) in [7, 11) is 1.80. The van der Waals surface area contributed by atoms with Crippen LogP contribution < -0.4 is 5.32 Å². The Labute approximate surface area is 113 Å². The van der Waals surface area contributed by atoms with Crippen LogP contribution in [0.5, 0.6) is 0 Å². The first-order valence-corrected chi connectivity index (χ1v) is 6.92. The topological polar surface area (TPSA) is 32.3 Å². The van der Waals surface area contributed by atoms with Gasteiger partial charge < -0.3 is 10.2 Å². The molecule has 0 saturated carbocycles. The molecule has 1 aliphatic rings. The smallest absolute Gasteiger partial charge is 0.222 e. The van der Waals surface area contributed by atoms with Gasteiger partial charge in [-0.1, -0.05) is 24.6 Å². The predicted molar refractivity (Wildman–Crippen MR) is 73.2 cm³/mol. The maximum absolute atomic E-state index is 13.8. The van der Waals surface area contributed by atoms with Crippen molar-refractivity contribution in [3.8, 4) is 0 Å². The molecule has 1 N–H and O–H groups in total. The third-order valence-corrected chi connectivity index (χ3v) is 3.70. The molecule has 1 atom stereocenters. The van der Waals surface area contributed by atoms with Crippen LogP contribution in [-0.2, 0) is 4.79 Å². The van der Waals surface area contributed by atoms with Gasteiger partial charge in [0.2, 0.25) is 5.91 Å². The molecule has 2 rings (SSSR count). The van der Waals surface area contributed by atoms with Crippen LogP contribution in [0.4, 0.5) is 4.39 Å². The first-order valence-electron chi connectivity index (χ1n) is 6.92. The van der Waals surface area contributed by atoms with Gasteiger partial charge in [0, 0.05) is 25.1 Å². The standard InChI is InChI=1S/C15H21FN2O/c1-17-14(12-7-4-5-8-13(12)16)11-18-10-6-2-3-9-15(18)19/h4-5,7-8,14,17H,2-3,6,9-11H2,1H3. The molecular formula is C15H21FN2O. The fourth-order valence-electron chi connectivity index (χ4n) is 2.55. The first kappa shape index (κ1) is 14.0. The lowest BCUT2D eigenvalue weighted by atomic mass is 10.1. The number of nitrogens with zero attached hydrogens (tertiary/aromatic N) is 1. The Morgan fingerprint density at radius 1 is 1.32 bits per heavy atom. The molecule has 1 heterocycles. The lowest BCUT2D eigenvalue weighted by molar-refractivity contribution is -0.131. The van der Waals surface area contributed by atoms with Gasteiger partial charge in [0.05, 0.1) is 6.04 Å². The summed E-state index contributed by atoms with van der Waals surface area (Å²) >= 11 is 0. The van der Waals surface area contributed by atoms with Crippen LogP contribution in [-0.4, -0.2) is 30.9 Å². The Kier molecular flexibility index (Phi) is 4.91. The molecule has 1 aliphatic heterocycles. The number of carbonyl (C=O) groups is 1. The number of rotatable bonds is 4. The minimum absolute atomic E-state index is 0.150. The molecule has 1 unspecified atom stereocenters. The van der Waals surface area contributed by atoms with Crippen LogP contribution in [0, 0.1) is 5.82 Å². The van der Waals surface area contributed by atoms with Crippen molar-refractivity contribution in [2.45, 2.75) is 31.7 Å². The lowest BCUT2D eigenvalue weighted by Gasteiger charge is -2.27. The zero-order valence-electron chi connectivity index (χ0n) is 11.4. The Bertz CT molecular complexity index is 436. The van der Waals surface area contributed by atoms with Gasteiger partial charge in [0.15, 0.2) is 0 Å². The van der Waals surface area contributed by atoms with Gasteiger partial charge in [-0.2, -0.15) is 0 Å². The minimum atomic E-state index is -0.218. The molecule has 0 bridgehead atoms. The average molecular weight is 264 g/mol. The third-order valence-electron chi connectivity index (χ3n) is 3.70. The van der Waals surface area contributed by atoms with E-state index >= 15 is 0 Å². The highest BCUT2D eigenvalue weighted by molar-refractivity contribution is 5.76. The van der Waals surface area contributed by atoms with Crippen LogP contribution in [0.25, 0.3) is 0 Å². The van der Waals surface area contributed by atoms with Gasteiger partial charge >= 0.3 is 0 Å². The van der Waals surface area contributed by atoms with E-state index in [1.807, 2.05) is 11.0 Å². The summed E-state index contributed by atoms with van der Waals surface area (Å²) in [5, 5.41) is 3.11. The van der Waals surface area contributed by atoms with Crippen LogP contribution in [0.2, 0.25) is 0 Å². The number of halogens is 1. The van der Waals surface area contributed by atoms with E-state index in [2.05, 4.69) is 5.32 Å². The largest absolute Gasteiger partial charge is 0.341 e. The predicted octanol–water partition coefficient (Wildman–Crippen LogP) is 2.49. The van der Waals surface area contributed by atoms with Crippen molar-refractivity contribution < 1.29 is 9.18 Å². The van der Waals surface area contributed by atoms with Crippen molar-refractivity contribution in [3.63, 3.8) is 0 Å². The normalized spacial score (nSPS) is 18.2. The van der Waals surface area contributed by atoms with Gasteiger partial charge in [-0.15, -0.1) is 0 Å². The Morgan fingerprint density at radius 2 is 2.11 bits per heavy atom. The molecule has 19 heavy (non-hydrogen) atoms. The van der Waals surface area contributed by atoms with E-state index in [0.29, 0.717) is 18.5 Å². The van der Waals surface area contributed by atoms with Crippen LogP contribution in [0.3, 0.4) is 0 Å². The summed E-state index contributed by atoms with van der Waals surface area (Å²) in [6, 6.07) is 6.60. The van der Waals surface area contributed by atoms with Gasteiger partial charge in [0.25, 0.3) is 0 Å².